The Morgan fingerprint density at radius 2 is 1.80 bits per heavy atom. The van der Waals surface area contributed by atoms with Crippen molar-refractivity contribution in [1.82, 2.24) is 9.80 Å². The summed E-state index contributed by atoms with van der Waals surface area (Å²) >= 11 is 0. The third-order valence-corrected chi connectivity index (χ3v) is 4.40. The summed E-state index contributed by atoms with van der Waals surface area (Å²) in [6.45, 7) is 13.5. The van der Waals surface area contributed by atoms with E-state index in [-0.39, 0.29) is 0 Å². The molecule has 1 atom stereocenters. The fourth-order valence-electron chi connectivity index (χ4n) is 2.77. The van der Waals surface area contributed by atoms with E-state index in [0.717, 1.165) is 31.1 Å². The first-order chi connectivity index (χ1) is 9.58. The van der Waals surface area contributed by atoms with Gasteiger partial charge in [-0.25, -0.2) is 0 Å². The molecule has 1 aliphatic rings. The third kappa shape index (κ3) is 4.22. The summed E-state index contributed by atoms with van der Waals surface area (Å²) in [6.07, 6.45) is 1.27. The molecule has 3 nitrogen and oxygen atoms in total. The minimum Gasteiger partial charge on any atom is -0.508 e. The molecule has 1 aromatic rings. The van der Waals surface area contributed by atoms with Crippen LogP contribution in [0, 0.1) is 12.8 Å². The number of hydrogen-bond donors (Lipinski definition) is 1. The molecule has 0 aliphatic carbocycles. The molecule has 1 saturated heterocycles. The lowest BCUT2D eigenvalue weighted by atomic mass is 10.1. The second-order valence-electron chi connectivity index (χ2n) is 6.21. The molecule has 0 saturated carbocycles. The summed E-state index contributed by atoms with van der Waals surface area (Å²) < 4.78 is 0. The summed E-state index contributed by atoms with van der Waals surface area (Å²) in [6, 6.07) is 5.94. The predicted octanol–water partition coefficient (Wildman–Crippen LogP) is 2.86. The van der Waals surface area contributed by atoms with Gasteiger partial charge in [-0.3, -0.25) is 4.90 Å². The molecule has 1 fully saturated rings. The molecule has 1 unspecified atom stereocenters. The van der Waals surface area contributed by atoms with Gasteiger partial charge < -0.3 is 10.0 Å². The van der Waals surface area contributed by atoms with E-state index in [2.05, 4.69) is 29.7 Å². The SMILES string of the molecule is CCC(C)CN1CCN(Cc2ccc(O)c(C)c2)CC1. The number of nitrogens with zero attached hydrogens (tertiary/aromatic N) is 2. The van der Waals surface area contributed by atoms with Gasteiger partial charge in [0.2, 0.25) is 0 Å². The summed E-state index contributed by atoms with van der Waals surface area (Å²) in [7, 11) is 0. The number of phenolic OH excluding ortho intramolecular Hbond substituents is 1. The number of piperazine rings is 1. The van der Waals surface area contributed by atoms with Gasteiger partial charge in [-0.15, -0.1) is 0 Å². The van der Waals surface area contributed by atoms with Gasteiger partial charge in [0.15, 0.2) is 0 Å². The zero-order valence-electron chi connectivity index (χ0n) is 13.1. The van der Waals surface area contributed by atoms with Crippen LogP contribution in [0.1, 0.15) is 31.4 Å². The average molecular weight is 276 g/mol. The Morgan fingerprint density at radius 3 is 2.40 bits per heavy atom. The zero-order chi connectivity index (χ0) is 14.5. The molecule has 1 N–H and O–H groups in total. The molecule has 1 aromatic carbocycles. The molecular weight excluding hydrogens is 248 g/mol. The number of benzene rings is 1. The summed E-state index contributed by atoms with van der Waals surface area (Å²) in [5.41, 5.74) is 2.27. The quantitative estimate of drug-likeness (QED) is 0.896. The Kier molecular flexibility index (Phi) is 5.44. The van der Waals surface area contributed by atoms with Crippen molar-refractivity contribution >= 4 is 0 Å². The Morgan fingerprint density at radius 1 is 1.15 bits per heavy atom. The maximum absolute atomic E-state index is 9.57. The van der Waals surface area contributed by atoms with Crippen LogP contribution >= 0.6 is 0 Å². The number of hydrogen-bond acceptors (Lipinski definition) is 3. The Bertz CT molecular complexity index is 425. The highest BCUT2D eigenvalue weighted by molar-refractivity contribution is 5.34. The number of aryl methyl sites for hydroxylation is 1. The Hall–Kier alpha value is -1.06. The minimum atomic E-state index is 0.395. The fraction of sp³-hybridized carbons (Fsp3) is 0.647. The van der Waals surface area contributed by atoms with Crippen molar-refractivity contribution < 1.29 is 5.11 Å². The Balaban J connectivity index is 1.80. The number of phenols is 1. The van der Waals surface area contributed by atoms with Crippen molar-refractivity contribution in [2.75, 3.05) is 32.7 Å². The lowest BCUT2D eigenvalue weighted by Gasteiger charge is -2.35. The normalized spacial score (nSPS) is 19.1. The van der Waals surface area contributed by atoms with Gasteiger partial charge in [0.1, 0.15) is 5.75 Å². The maximum Gasteiger partial charge on any atom is 0.118 e. The van der Waals surface area contributed by atoms with Crippen LogP contribution in [0.4, 0.5) is 0 Å². The van der Waals surface area contributed by atoms with E-state index in [1.807, 2.05) is 19.1 Å². The monoisotopic (exact) mass is 276 g/mol. The van der Waals surface area contributed by atoms with Crippen LogP contribution in [-0.2, 0) is 6.54 Å². The first kappa shape index (κ1) is 15.3. The van der Waals surface area contributed by atoms with Crippen LogP contribution in [0.25, 0.3) is 0 Å². The summed E-state index contributed by atoms with van der Waals surface area (Å²) in [5.74, 6) is 1.20. The van der Waals surface area contributed by atoms with Crippen molar-refractivity contribution in [3.8, 4) is 5.75 Å². The average Bonchev–Trinajstić information content (AvgIpc) is 2.45. The fourth-order valence-corrected chi connectivity index (χ4v) is 2.77. The van der Waals surface area contributed by atoms with Crippen LogP contribution in [0.15, 0.2) is 18.2 Å². The van der Waals surface area contributed by atoms with Crippen molar-refractivity contribution in [2.24, 2.45) is 5.92 Å². The van der Waals surface area contributed by atoms with Gasteiger partial charge in [-0.05, 0) is 30.0 Å². The topological polar surface area (TPSA) is 26.7 Å². The Labute approximate surface area is 123 Å². The van der Waals surface area contributed by atoms with Gasteiger partial charge in [0, 0.05) is 39.3 Å². The highest BCUT2D eigenvalue weighted by atomic mass is 16.3. The van der Waals surface area contributed by atoms with Crippen molar-refractivity contribution in [2.45, 2.75) is 33.7 Å². The van der Waals surface area contributed by atoms with Gasteiger partial charge in [0.25, 0.3) is 0 Å². The highest BCUT2D eigenvalue weighted by Crippen LogP contribution is 2.18. The van der Waals surface area contributed by atoms with E-state index < -0.39 is 0 Å². The van der Waals surface area contributed by atoms with Crippen molar-refractivity contribution in [3.63, 3.8) is 0 Å². The third-order valence-electron chi connectivity index (χ3n) is 4.40. The first-order valence-electron chi connectivity index (χ1n) is 7.81. The molecule has 0 spiro atoms. The second-order valence-corrected chi connectivity index (χ2v) is 6.21. The predicted molar refractivity (Wildman–Crippen MR) is 84.0 cm³/mol. The van der Waals surface area contributed by atoms with Crippen LogP contribution in [0.5, 0.6) is 5.75 Å². The van der Waals surface area contributed by atoms with E-state index in [0.29, 0.717) is 5.75 Å². The molecule has 112 valence electrons. The van der Waals surface area contributed by atoms with Crippen LogP contribution in [-0.4, -0.2) is 47.6 Å². The lowest BCUT2D eigenvalue weighted by molar-refractivity contribution is 0.114. The summed E-state index contributed by atoms with van der Waals surface area (Å²) in [5, 5.41) is 9.57. The van der Waals surface area contributed by atoms with E-state index >= 15 is 0 Å². The van der Waals surface area contributed by atoms with Crippen molar-refractivity contribution in [3.05, 3.63) is 29.3 Å². The van der Waals surface area contributed by atoms with Crippen LogP contribution in [0.3, 0.4) is 0 Å². The molecule has 2 rings (SSSR count). The smallest absolute Gasteiger partial charge is 0.118 e. The zero-order valence-corrected chi connectivity index (χ0v) is 13.1. The molecule has 1 heterocycles. The molecule has 20 heavy (non-hydrogen) atoms. The van der Waals surface area contributed by atoms with Gasteiger partial charge in [0.05, 0.1) is 0 Å². The van der Waals surface area contributed by atoms with Gasteiger partial charge in [-0.1, -0.05) is 32.4 Å². The number of aromatic hydroxyl groups is 1. The van der Waals surface area contributed by atoms with Crippen molar-refractivity contribution in [1.29, 1.82) is 0 Å². The van der Waals surface area contributed by atoms with Gasteiger partial charge >= 0.3 is 0 Å². The molecule has 0 aromatic heterocycles. The maximum atomic E-state index is 9.57. The first-order valence-corrected chi connectivity index (χ1v) is 7.81. The number of rotatable bonds is 5. The molecule has 3 heteroatoms. The molecule has 0 amide bonds. The van der Waals surface area contributed by atoms with E-state index in [1.54, 1.807) is 0 Å². The largest absolute Gasteiger partial charge is 0.508 e. The van der Waals surface area contributed by atoms with E-state index in [1.165, 1.54) is 31.6 Å². The standard InChI is InChI=1S/C17H28N2O/c1-4-14(2)12-18-7-9-19(10-8-18)13-16-5-6-17(20)15(3)11-16/h5-6,11,14,20H,4,7-10,12-13H2,1-3H3. The molecule has 0 bridgehead atoms. The van der Waals surface area contributed by atoms with E-state index in [9.17, 15) is 5.11 Å². The van der Waals surface area contributed by atoms with Gasteiger partial charge in [-0.2, -0.15) is 0 Å². The lowest BCUT2D eigenvalue weighted by Crippen LogP contribution is -2.47. The highest BCUT2D eigenvalue weighted by Gasteiger charge is 2.18. The summed E-state index contributed by atoms with van der Waals surface area (Å²) in [4.78, 5) is 5.10. The molecule has 1 aliphatic heterocycles. The molecule has 0 radical (unpaired) electrons. The molecular formula is C17H28N2O. The van der Waals surface area contributed by atoms with Crippen LogP contribution in [0.2, 0.25) is 0 Å². The van der Waals surface area contributed by atoms with E-state index in [4.69, 9.17) is 0 Å². The minimum absolute atomic E-state index is 0.395. The second kappa shape index (κ2) is 7.09. The van der Waals surface area contributed by atoms with Crippen LogP contribution < -0.4 is 0 Å².